The van der Waals surface area contributed by atoms with Gasteiger partial charge in [0.05, 0.1) is 6.26 Å². The summed E-state index contributed by atoms with van der Waals surface area (Å²) in [7, 11) is -3.23. The molecule has 20 heavy (non-hydrogen) atoms. The van der Waals surface area contributed by atoms with Crippen LogP contribution in [0.25, 0.3) is 0 Å². The molecular weight excluding hydrogens is 272 g/mol. The minimum atomic E-state index is -3.23. The predicted molar refractivity (Wildman–Crippen MR) is 83.4 cm³/mol. The summed E-state index contributed by atoms with van der Waals surface area (Å²) in [5.41, 5.74) is 2.71. The second-order valence-corrected chi connectivity index (χ2v) is 6.48. The van der Waals surface area contributed by atoms with Crippen molar-refractivity contribution in [1.29, 1.82) is 0 Å². The van der Waals surface area contributed by atoms with Crippen LogP contribution >= 0.6 is 0 Å². The van der Waals surface area contributed by atoms with Crippen LogP contribution in [0, 0.1) is 0 Å². The van der Waals surface area contributed by atoms with Crippen molar-refractivity contribution in [3.05, 3.63) is 60.2 Å². The lowest BCUT2D eigenvalue weighted by atomic mass is 10.1. The van der Waals surface area contributed by atoms with Gasteiger partial charge in [-0.05, 0) is 36.8 Å². The SMILES string of the molecule is CC(Nc1ccc(NS(C)(=O)=O)cc1)c1ccccc1. The molecule has 0 aliphatic heterocycles. The molecule has 0 amide bonds. The first-order chi connectivity index (χ1) is 9.44. The smallest absolute Gasteiger partial charge is 0.229 e. The summed E-state index contributed by atoms with van der Waals surface area (Å²) in [5, 5.41) is 3.37. The summed E-state index contributed by atoms with van der Waals surface area (Å²) in [6, 6.07) is 17.5. The van der Waals surface area contributed by atoms with Crippen LogP contribution in [0.5, 0.6) is 0 Å². The zero-order chi connectivity index (χ0) is 14.6. The normalized spacial score (nSPS) is 12.7. The van der Waals surface area contributed by atoms with Gasteiger partial charge >= 0.3 is 0 Å². The van der Waals surface area contributed by atoms with Gasteiger partial charge in [0.2, 0.25) is 10.0 Å². The monoisotopic (exact) mass is 290 g/mol. The van der Waals surface area contributed by atoms with Crippen LogP contribution in [0.4, 0.5) is 11.4 Å². The van der Waals surface area contributed by atoms with Gasteiger partial charge in [0.15, 0.2) is 0 Å². The van der Waals surface area contributed by atoms with Crippen molar-refractivity contribution in [2.75, 3.05) is 16.3 Å². The number of nitrogens with one attached hydrogen (secondary N) is 2. The Morgan fingerprint density at radius 2 is 1.45 bits per heavy atom. The average molecular weight is 290 g/mol. The van der Waals surface area contributed by atoms with E-state index in [1.165, 1.54) is 5.56 Å². The lowest BCUT2D eigenvalue weighted by Gasteiger charge is -2.16. The fourth-order valence-electron chi connectivity index (χ4n) is 1.92. The molecule has 0 fully saturated rings. The van der Waals surface area contributed by atoms with E-state index >= 15 is 0 Å². The molecule has 2 rings (SSSR count). The van der Waals surface area contributed by atoms with E-state index in [4.69, 9.17) is 0 Å². The Morgan fingerprint density at radius 3 is 2.00 bits per heavy atom. The van der Waals surface area contributed by atoms with Gasteiger partial charge in [0.1, 0.15) is 0 Å². The molecule has 0 saturated heterocycles. The molecule has 5 heteroatoms. The molecule has 0 spiro atoms. The summed E-state index contributed by atoms with van der Waals surface area (Å²) in [4.78, 5) is 0. The largest absolute Gasteiger partial charge is 0.379 e. The molecule has 1 atom stereocenters. The lowest BCUT2D eigenvalue weighted by Crippen LogP contribution is -2.10. The van der Waals surface area contributed by atoms with Crippen molar-refractivity contribution in [2.24, 2.45) is 0 Å². The minimum Gasteiger partial charge on any atom is -0.379 e. The van der Waals surface area contributed by atoms with E-state index in [-0.39, 0.29) is 6.04 Å². The molecule has 1 unspecified atom stereocenters. The molecule has 2 N–H and O–H groups in total. The lowest BCUT2D eigenvalue weighted by molar-refractivity contribution is 0.607. The molecule has 0 heterocycles. The maximum atomic E-state index is 11.1. The van der Waals surface area contributed by atoms with Crippen LogP contribution < -0.4 is 10.0 Å². The number of benzene rings is 2. The first-order valence-corrected chi connectivity index (χ1v) is 8.22. The molecule has 2 aromatic rings. The number of hydrogen-bond donors (Lipinski definition) is 2. The van der Waals surface area contributed by atoms with Crippen molar-refractivity contribution < 1.29 is 8.42 Å². The number of sulfonamides is 1. The van der Waals surface area contributed by atoms with E-state index in [2.05, 4.69) is 29.1 Å². The van der Waals surface area contributed by atoms with Crippen LogP contribution in [0.2, 0.25) is 0 Å². The number of hydrogen-bond acceptors (Lipinski definition) is 3. The Labute approximate surface area is 119 Å². The van der Waals surface area contributed by atoms with E-state index in [0.29, 0.717) is 5.69 Å². The highest BCUT2D eigenvalue weighted by Gasteiger charge is 2.05. The fraction of sp³-hybridized carbons (Fsp3) is 0.200. The summed E-state index contributed by atoms with van der Waals surface area (Å²) in [5.74, 6) is 0. The first-order valence-electron chi connectivity index (χ1n) is 6.33. The molecule has 0 aromatic heterocycles. The van der Waals surface area contributed by atoms with Crippen LogP contribution in [-0.2, 0) is 10.0 Å². The summed E-state index contributed by atoms with van der Waals surface area (Å²) in [6.07, 6.45) is 1.14. The highest BCUT2D eigenvalue weighted by atomic mass is 32.2. The van der Waals surface area contributed by atoms with Crippen LogP contribution in [0.15, 0.2) is 54.6 Å². The van der Waals surface area contributed by atoms with Crippen LogP contribution in [0.3, 0.4) is 0 Å². The molecule has 0 aliphatic rings. The zero-order valence-electron chi connectivity index (χ0n) is 11.5. The Morgan fingerprint density at radius 1 is 0.900 bits per heavy atom. The van der Waals surface area contributed by atoms with E-state index < -0.39 is 10.0 Å². The molecular formula is C15H18N2O2S. The summed E-state index contributed by atoms with van der Waals surface area (Å²) in [6.45, 7) is 2.08. The van der Waals surface area contributed by atoms with Crippen LogP contribution in [-0.4, -0.2) is 14.7 Å². The molecule has 106 valence electrons. The van der Waals surface area contributed by atoms with Gasteiger partial charge in [-0.2, -0.15) is 0 Å². The average Bonchev–Trinajstić information content (AvgIpc) is 2.40. The van der Waals surface area contributed by atoms with E-state index in [1.54, 1.807) is 12.1 Å². The van der Waals surface area contributed by atoms with E-state index in [9.17, 15) is 8.42 Å². The van der Waals surface area contributed by atoms with Crippen molar-refractivity contribution >= 4 is 21.4 Å². The van der Waals surface area contributed by atoms with Crippen molar-refractivity contribution in [2.45, 2.75) is 13.0 Å². The third-order valence-corrected chi connectivity index (χ3v) is 3.48. The molecule has 0 saturated carbocycles. The molecule has 4 nitrogen and oxygen atoms in total. The van der Waals surface area contributed by atoms with Crippen molar-refractivity contribution in [3.63, 3.8) is 0 Å². The highest BCUT2D eigenvalue weighted by molar-refractivity contribution is 7.92. The third-order valence-electron chi connectivity index (χ3n) is 2.87. The topological polar surface area (TPSA) is 58.2 Å². The van der Waals surface area contributed by atoms with Gasteiger partial charge in [-0.15, -0.1) is 0 Å². The van der Waals surface area contributed by atoms with Gasteiger partial charge in [0, 0.05) is 17.4 Å². The first kappa shape index (κ1) is 14.4. The molecule has 0 radical (unpaired) electrons. The Kier molecular flexibility index (Phi) is 4.29. The van der Waals surface area contributed by atoms with Gasteiger partial charge in [-0.1, -0.05) is 30.3 Å². The Bertz CT molecular complexity index is 652. The molecule has 0 aliphatic carbocycles. The minimum absolute atomic E-state index is 0.185. The molecule has 0 bridgehead atoms. The van der Waals surface area contributed by atoms with E-state index in [0.717, 1.165) is 11.9 Å². The Hall–Kier alpha value is -2.01. The Balaban J connectivity index is 2.04. The van der Waals surface area contributed by atoms with Crippen LogP contribution in [0.1, 0.15) is 18.5 Å². The molecule has 2 aromatic carbocycles. The second-order valence-electron chi connectivity index (χ2n) is 4.73. The van der Waals surface area contributed by atoms with Crippen molar-refractivity contribution in [1.82, 2.24) is 0 Å². The van der Waals surface area contributed by atoms with Gasteiger partial charge in [-0.25, -0.2) is 8.42 Å². The maximum absolute atomic E-state index is 11.1. The number of anilines is 2. The maximum Gasteiger partial charge on any atom is 0.229 e. The predicted octanol–water partition coefficient (Wildman–Crippen LogP) is 3.23. The van der Waals surface area contributed by atoms with Gasteiger partial charge in [0.25, 0.3) is 0 Å². The van der Waals surface area contributed by atoms with Gasteiger partial charge in [-0.3, -0.25) is 4.72 Å². The van der Waals surface area contributed by atoms with Gasteiger partial charge < -0.3 is 5.32 Å². The fourth-order valence-corrected chi connectivity index (χ4v) is 2.49. The summed E-state index contributed by atoms with van der Waals surface area (Å²) >= 11 is 0. The highest BCUT2D eigenvalue weighted by Crippen LogP contribution is 2.20. The third kappa shape index (κ3) is 4.28. The second kappa shape index (κ2) is 5.96. The number of rotatable bonds is 5. The van der Waals surface area contributed by atoms with Crippen molar-refractivity contribution in [3.8, 4) is 0 Å². The summed E-state index contributed by atoms with van der Waals surface area (Å²) < 4.78 is 24.7. The zero-order valence-corrected chi connectivity index (χ0v) is 12.3. The standard InChI is InChI=1S/C15H18N2O2S/c1-12(13-6-4-3-5-7-13)16-14-8-10-15(11-9-14)17-20(2,18)19/h3-12,16-17H,1-2H3. The quantitative estimate of drug-likeness (QED) is 0.889. The van der Waals surface area contributed by atoms with E-state index in [1.807, 2.05) is 30.3 Å².